The fourth-order valence-electron chi connectivity index (χ4n) is 3.53. The first-order valence-corrected chi connectivity index (χ1v) is 10.6. The highest BCUT2D eigenvalue weighted by atomic mass is 35.5. The molecule has 0 bridgehead atoms. The number of aryl methyl sites for hydroxylation is 1. The minimum Gasteiger partial charge on any atom is -0.356 e. The third kappa shape index (κ3) is 5.30. The van der Waals surface area contributed by atoms with Gasteiger partial charge in [0.25, 0.3) is 5.91 Å². The molecule has 6 nitrogen and oxygen atoms in total. The van der Waals surface area contributed by atoms with Crippen molar-refractivity contribution < 1.29 is 9.18 Å². The quantitative estimate of drug-likeness (QED) is 0.544. The maximum Gasteiger partial charge on any atom is 0.257 e. The first kappa shape index (κ1) is 21.1. The number of nitrogens with one attached hydrogen (secondary N) is 2. The summed E-state index contributed by atoms with van der Waals surface area (Å²) in [6.45, 7) is 3.99. The lowest BCUT2D eigenvalue weighted by molar-refractivity contribution is 0.102. The number of amides is 1. The highest BCUT2D eigenvalue weighted by Crippen LogP contribution is 2.23. The minimum absolute atomic E-state index is 0.0666. The number of hydrogen-bond donors (Lipinski definition) is 2. The molecule has 2 N–H and O–H groups in total. The van der Waals surface area contributed by atoms with Crippen molar-refractivity contribution >= 4 is 40.6 Å². The molecule has 2 heterocycles. The van der Waals surface area contributed by atoms with Crippen molar-refractivity contribution in [3.8, 4) is 0 Å². The number of benzene rings is 2. The zero-order valence-electron chi connectivity index (χ0n) is 17.2. The van der Waals surface area contributed by atoms with Gasteiger partial charge in [-0.2, -0.15) is 4.98 Å². The number of carbonyl (C=O) groups is 1. The molecule has 1 aliphatic heterocycles. The molecule has 160 valence electrons. The second kappa shape index (κ2) is 9.31. The standard InChI is InChI=1S/C23H23ClFN5O/c1-15-13-21(30-11-3-2-4-12-30)29-23(26-15)28-18-8-6-17(7-9-18)27-22(31)19-10-5-16(25)14-20(19)24/h5-10,13-14H,2-4,11-12H2,1H3,(H,27,31)(H,26,28,29). The molecule has 31 heavy (non-hydrogen) atoms. The molecule has 0 saturated carbocycles. The van der Waals surface area contributed by atoms with Crippen molar-refractivity contribution in [2.45, 2.75) is 26.2 Å². The Morgan fingerprint density at radius 1 is 1.00 bits per heavy atom. The smallest absolute Gasteiger partial charge is 0.257 e. The summed E-state index contributed by atoms with van der Waals surface area (Å²) in [6.07, 6.45) is 3.63. The van der Waals surface area contributed by atoms with E-state index in [1.165, 1.54) is 31.4 Å². The third-order valence-electron chi connectivity index (χ3n) is 5.10. The highest BCUT2D eigenvalue weighted by Gasteiger charge is 2.14. The number of aromatic nitrogens is 2. The summed E-state index contributed by atoms with van der Waals surface area (Å²) < 4.78 is 13.2. The Bertz CT molecular complexity index is 1080. The Hall–Kier alpha value is -3.19. The van der Waals surface area contributed by atoms with Gasteiger partial charge < -0.3 is 15.5 Å². The molecule has 1 aliphatic rings. The Labute approximate surface area is 185 Å². The lowest BCUT2D eigenvalue weighted by atomic mass is 10.1. The number of carbonyl (C=O) groups excluding carboxylic acids is 1. The average molecular weight is 440 g/mol. The molecule has 1 aromatic heterocycles. The van der Waals surface area contributed by atoms with Crippen LogP contribution in [0.25, 0.3) is 0 Å². The van der Waals surface area contributed by atoms with Crippen LogP contribution in [-0.2, 0) is 0 Å². The maximum atomic E-state index is 13.2. The van der Waals surface area contributed by atoms with E-state index in [0.29, 0.717) is 11.6 Å². The molecule has 0 atom stereocenters. The van der Waals surface area contributed by atoms with E-state index < -0.39 is 11.7 Å². The lowest BCUT2D eigenvalue weighted by Crippen LogP contribution is -2.30. The summed E-state index contributed by atoms with van der Waals surface area (Å²) >= 11 is 5.96. The highest BCUT2D eigenvalue weighted by molar-refractivity contribution is 6.34. The number of hydrogen-bond acceptors (Lipinski definition) is 5. The maximum absolute atomic E-state index is 13.2. The van der Waals surface area contributed by atoms with E-state index in [-0.39, 0.29) is 10.6 Å². The van der Waals surface area contributed by atoms with E-state index in [4.69, 9.17) is 11.6 Å². The predicted molar refractivity (Wildman–Crippen MR) is 122 cm³/mol. The van der Waals surface area contributed by atoms with E-state index >= 15 is 0 Å². The van der Waals surface area contributed by atoms with Crippen LogP contribution in [0.5, 0.6) is 0 Å². The molecule has 4 rings (SSSR count). The van der Waals surface area contributed by atoms with Crippen LogP contribution in [0.4, 0.5) is 27.5 Å². The number of nitrogens with zero attached hydrogens (tertiary/aromatic N) is 3. The minimum atomic E-state index is -0.487. The molecule has 0 unspecified atom stereocenters. The molecule has 0 spiro atoms. The van der Waals surface area contributed by atoms with Gasteiger partial charge in [-0.05, 0) is 68.7 Å². The van der Waals surface area contributed by atoms with E-state index in [2.05, 4.69) is 25.5 Å². The lowest BCUT2D eigenvalue weighted by Gasteiger charge is -2.28. The van der Waals surface area contributed by atoms with E-state index in [1.54, 1.807) is 12.1 Å². The zero-order chi connectivity index (χ0) is 21.8. The molecule has 8 heteroatoms. The molecule has 1 fully saturated rings. The van der Waals surface area contributed by atoms with Gasteiger partial charge in [0.15, 0.2) is 0 Å². The Kier molecular flexibility index (Phi) is 6.32. The predicted octanol–water partition coefficient (Wildman–Crippen LogP) is 5.56. The van der Waals surface area contributed by atoms with E-state index in [9.17, 15) is 9.18 Å². The Morgan fingerprint density at radius 3 is 2.42 bits per heavy atom. The van der Waals surface area contributed by atoms with E-state index in [1.807, 2.05) is 25.1 Å². The molecule has 1 saturated heterocycles. The first-order valence-electron chi connectivity index (χ1n) is 10.2. The summed E-state index contributed by atoms with van der Waals surface area (Å²) in [7, 11) is 0. The van der Waals surface area contributed by atoms with Crippen LogP contribution >= 0.6 is 11.6 Å². The van der Waals surface area contributed by atoms with Crippen LogP contribution in [-0.4, -0.2) is 29.0 Å². The van der Waals surface area contributed by atoms with Gasteiger partial charge in [-0.25, -0.2) is 9.37 Å². The average Bonchev–Trinajstić information content (AvgIpc) is 2.75. The monoisotopic (exact) mass is 439 g/mol. The number of rotatable bonds is 5. The SMILES string of the molecule is Cc1cc(N2CCCCC2)nc(Nc2ccc(NC(=O)c3ccc(F)cc3Cl)cc2)n1. The van der Waals surface area contributed by atoms with Gasteiger partial charge in [-0.3, -0.25) is 4.79 Å². The largest absolute Gasteiger partial charge is 0.356 e. The van der Waals surface area contributed by atoms with Crippen molar-refractivity contribution in [3.05, 3.63) is 70.6 Å². The molecular formula is C23H23ClFN5O. The van der Waals surface area contributed by atoms with Crippen LogP contribution in [0.15, 0.2) is 48.5 Å². The molecule has 0 radical (unpaired) electrons. The third-order valence-corrected chi connectivity index (χ3v) is 5.41. The van der Waals surface area contributed by atoms with Gasteiger partial charge >= 0.3 is 0 Å². The number of piperidine rings is 1. The Balaban J connectivity index is 1.44. The molecule has 3 aromatic rings. The molecule has 1 amide bonds. The van der Waals surface area contributed by atoms with Crippen LogP contribution in [0.2, 0.25) is 5.02 Å². The van der Waals surface area contributed by atoms with Crippen molar-refractivity contribution in [3.63, 3.8) is 0 Å². The summed E-state index contributed by atoms with van der Waals surface area (Å²) in [4.78, 5) is 23.8. The van der Waals surface area contributed by atoms with Crippen molar-refractivity contribution in [1.29, 1.82) is 0 Å². The van der Waals surface area contributed by atoms with Gasteiger partial charge in [0, 0.05) is 36.2 Å². The summed E-state index contributed by atoms with van der Waals surface area (Å²) in [5, 5.41) is 6.05. The van der Waals surface area contributed by atoms with Crippen molar-refractivity contribution in [2.75, 3.05) is 28.6 Å². The van der Waals surface area contributed by atoms with Crippen LogP contribution in [0.3, 0.4) is 0 Å². The summed E-state index contributed by atoms with van der Waals surface area (Å²) in [5.74, 6) is 0.586. The second-order valence-corrected chi connectivity index (χ2v) is 7.93. The fraction of sp³-hybridized carbons (Fsp3) is 0.261. The summed E-state index contributed by atoms with van der Waals surface area (Å²) in [5.41, 5.74) is 2.50. The first-order chi connectivity index (χ1) is 15.0. The molecule has 2 aromatic carbocycles. The van der Waals surface area contributed by atoms with Crippen molar-refractivity contribution in [1.82, 2.24) is 9.97 Å². The van der Waals surface area contributed by atoms with Gasteiger partial charge in [0.05, 0.1) is 10.6 Å². The van der Waals surface area contributed by atoms with Gasteiger partial charge in [-0.1, -0.05) is 11.6 Å². The number of anilines is 4. The Morgan fingerprint density at radius 2 is 1.71 bits per heavy atom. The summed E-state index contributed by atoms with van der Waals surface area (Å²) in [6, 6.07) is 12.9. The van der Waals surface area contributed by atoms with Gasteiger partial charge in [0.2, 0.25) is 5.95 Å². The van der Waals surface area contributed by atoms with Crippen LogP contribution < -0.4 is 15.5 Å². The van der Waals surface area contributed by atoms with Gasteiger partial charge in [-0.15, -0.1) is 0 Å². The fourth-order valence-corrected chi connectivity index (χ4v) is 3.78. The van der Waals surface area contributed by atoms with E-state index in [0.717, 1.165) is 36.4 Å². The van der Waals surface area contributed by atoms with Crippen LogP contribution in [0.1, 0.15) is 35.3 Å². The number of halogens is 2. The topological polar surface area (TPSA) is 70.2 Å². The second-order valence-electron chi connectivity index (χ2n) is 7.52. The van der Waals surface area contributed by atoms with Crippen LogP contribution in [0, 0.1) is 12.7 Å². The molecular weight excluding hydrogens is 417 g/mol. The normalized spacial score (nSPS) is 13.7. The zero-order valence-corrected chi connectivity index (χ0v) is 17.9. The van der Waals surface area contributed by atoms with Gasteiger partial charge in [0.1, 0.15) is 11.6 Å². The van der Waals surface area contributed by atoms with Crippen molar-refractivity contribution in [2.24, 2.45) is 0 Å². The molecule has 0 aliphatic carbocycles.